The van der Waals surface area contributed by atoms with E-state index in [9.17, 15) is 4.79 Å². The molecule has 46 heavy (non-hydrogen) atoms. The van der Waals surface area contributed by atoms with E-state index in [0.717, 1.165) is 97.8 Å². The Morgan fingerprint density at radius 2 is 1.96 bits per heavy atom. The maximum Gasteiger partial charge on any atom is 0.410 e. The molecular formula is C34H52ClN7O4. The average Bonchev–Trinajstić information content (AvgIpc) is 3.34. The summed E-state index contributed by atoms with van der Waals surface area (Å²) in [6.45, 7) is 16.7. The van der Waals surface area contributed by atoms with Gasteiger partial charge in [0, 0.05) is 80.7 Å². The lowest BCUT2D eigenvalue weighted by atomic mass is 9.92. The van der Waals surface area contributed by atoms with E-state index in [0.29, 0.717) is 24.7 Å². The molecule has 0 bridgehead atoms. The first kappa shape index (κ1) is 34.5. The molecule has 1 unspecified atom stereocenters. The van der Waals surface area contributed by atoms with E-state index in [2.05, 4.69) is 34.1 Å². The van der Waals surface area contributed by atoms with Gasteiger partial charge in [0.2, 0.25) is 0 Å². The van der Waals surface area contributed by atoms with Crippen molar-refractivity contribution in [2.45, 2.75) is 97.1 Å². The predicted molar refractivity (Wildman–Crippen MR) is 184 cm³/mol. The molecule has 3 saturated heterocycles. The van der Waals surface area contributed by atoms with Crippen molar-refractivity contribution in [3.05, 3.63) is 27.9 Å². The van der Waals surface area contributed by atoms with E-state index in [1.807, 2.05) is 33.8 Å². The zero-order valence-corrected chi connectivity index (χ0v) is 29.4. The Morgan fingerprint density at radius 1 is 1.22 bits per heavy atom. The van der Waals surface area contributed by atoms with Gasteiger partial charge in [-0.15, -0.1) is 0 Å². The van der Waals surface area contributed by atoms with Crippen LogP contribution < -0.4 is 15.5 Å². The van der Waals surface area contributed by atoms with Gasteiger partial charge in [-0.25, -0.2) is 4.79 Å². The van der Waals surface area contributed by atoms with Gasteiger partial charge < -0.3 is 40.1 Å². The van der Waals surface area contributed by atoms with E-state index in [1.54, 1.807) is 12.0 Å². The summed E-state index contributed by atoms with van der Waals surface area (Å²) in [7, 11) is 1.73. The molecule has 0 radical (unpaired) electrons. The van der Waals surface area contributed by atoms with Crippen LogP contribution in [0.5, 0.6) is 0 Å². The highest BCUT2D eigenvalue weighted by molar-refractivity contribution is 6.35. The monoisotopic (exact) mass is 657 g/mol. The Balaban J connectivity index is 1.60. The minimum atomic E-state index is -0.537. The number of amides is 1. The van der Waals surface area contributed by atoms with Crippen LogP contribution in [0.3, 0.4) is 0 Å². The summed E-state index contributed by atoms with van der Waals surface area (Å²) in [6, 6.07) is 2.11. The van der Waals surface area contributed by atoms with Crippen LogP contribution in [-0.2, 0) is 14.2 Å². The molecule has 254 valence electrons. The van der Waals surface area contributed by atoms with Crippen LogP contribution in [0.2, 0.25) is 5.02 Å². The highest BCUT2D eigenvalue weighted by atomic mass is 35.5. The summed E-state index contributed by atoms with van der Waals surface area (Å²) in [5.74, 6) is 0.837. The maximum atomic E-state index is 12.8. The van der Waals surface area contributed by atoms with Crippen LogP contribution in [0.1, 0.15) is 82.7 Å². The summed E-state index contributed by atoms with van der Waals surface area (Å²) in [4.78, 5) is 17.0. The van der Waals surface area contributed by atoms with Crippen molar-refractivity contribution in [2.75, 3.05) is 63.3 Å². The molecular weight excluding hydrogens is 606 g/mol. The van der Waals surface area contributed by atoms with Crippen molar-refractivity contribution in [3.8, 4) is 11.1 Å². The quantitative estimate of drug-likeness (QED) is 0.290. The van der Waals surface area contributed by atoms with Gasteiger partial charge in [-0.2, -0.15) is 5.10 Å². The predicted octanol–water partition coefficient (Wildman–Crippen LogP) is 6.14. The van der Waals surface area contributed by atoms with Crippen molar-refractivity contribution in [1.82, 2.24) is 20.0 Å². The Kier molecular flexibility index (Phi) is 10.6. The topological polar surface area (TPSA) is 117 Å². The number of nitrogens with zero attached hydrogens (tertiary/aromatic N) is 4. The molecule has 0 saturated carbocycles. The Hall–Kier alpha value is -2.86. The average molecular weight is 658 g/mol. The molecule has 1 amide bonds. The Bertz CT molecular complexity index is 1410. The first-order valence-electron chi connectivity index (χ1n) is 16.6. The fraction of sp³-hybridized carbons (Fsp3) is 0.676. The Morgan fingerprint density at radius 3 is 2.59 bits per heavy atom. The molecule has 4 heterocycles. The molecule has 2 aromatic rings. The summed E-state index contributed by atoms with van der Waals surface area (Å²) >= 11 is 7.23. The van der Waals surface area contributed by atoms with Gasteiger partial charge in [0.25, 0.3) is 0 Å². The van der Waals surface area contributed by atoms with Crippen LogP contribution in [0.25, 0.3) is 11.1 Å². The van der Waals surface area contributed by atoms with Crippen LogP contribution in [0.4, 0.5) is 16.3 Å². The van der Waals surface area contributed by atoms with Crippen LogP contribution in [-0.4, -0.2) is 97.4 Å². The van der Waals surface area contributed by atoms with Gasteiger partial charge in [-0.1, -0.05) is 11.6 Å². The zero-order valence-electron chi connectivity index (χ0n) is 28.6. The molecule has 3 fully saturated rings. The Labute approximate surface area is 278 Å². The SMILES string of the molecule is COC[C@@]1(C)CNCCN1c1nn(C2CCN(C(=O)OC(C)(C)C)CC2)c(C)c1-c1c(Cl)c(C)cc(NC2CCCCO2)c1C=N. The fourth-order valence-corrected chi connectivity index (χ4v) is 7.28. The number of methoxy groups -OCH3 is 1. The highest BCUT2D eigenvalue weighted by Crippen LogP contribution is 2.46. The van der Waals surface area contributed by atoms with Gasteiger partial charge in [0.05, 0.1) is 23.2 Å². The third-order valence-corrected chi connectivity index (χ3v) is 9.84. The third-order valence-electron chi connectivity index (χ3n) is 9.35. The molecule has 3 aliphatic heterocycles. The summed E-state index contributed by atoms with van der Waals surface area (Å²) in [5.41, 5.74) is 4.30. The number of hydrogen-bond donors (Lipinski definition) is 3. The van der Waals surface area contributed by atoms with E-state index in [1.165, 1.54) is 6.21 Å². The van der Waals surface area contributed by atoms with E-state index >= 15 is 0 Å². The lowest BCUT2D eigenvalue weighted by molar-refractivity contribution is 0.0184. The number of benzene rings is 1. The van der Waals surface area contributed by atoms with Crippen LogP contribution in [0, 0.1) is 19.3 Å². The largest absolute Gasteiger partial charge is 0.444 e. The normalized spacial score (nSPS) is 23.0. The number of anilines is 2. The molecule has 1 aromatic heterocycles. The standard InChI is InChI=1S/C34H52ClN7O4/c1-22-18-26(38-27-10-8-9-17-45-27)25(19-36)29(30(22)35)28-23(2)42(24-11-14-40(15-12-24)32(43)46-33(3,4)5)39-31(28)41-16-13-37-20-34(41,6)21-44-7/h18-19,24,27,36-38H,8-17,20-21H2,1-7H3/t27?,34-/m1/s1. The second-order valence-corrected chi connectivity index (χ2v) is 14.6. The number of nitrogens with one attached hydrogen (secondary N) is 3. The van der Waals surface area contributed by atoms with Gasteiger partial charge in [-0.3, -0.25) is 4.68 Å². The second-order valence-electron chi connectivity index (χ2n) is 14.2. The van der Waals surface area contributed by atoms with Gasteiger partial charge in [0.1, 0.15) is 11.8 Å². The first-order valence-corrected chi connectivity index (χ1v) is 17.0. The molecule has 3 aliphatic rings. The van der Waals surface area contributed by atoms with Crippen molar-refractivity contribution >= 4 is 35.4 Å². The van der Waals surface area contributed by atoms with Crippen molar-refractivity contribution < 1.29 is 19.0 Å². The van der Waals surface area contributed by atoms with Crippen LogP contribution >= 0.6 is 11.6 Å². The number of ether oxygens (including phenoxy) is 3. The zero-order chi connectivity index (χ0) is 33.2. The number of piperidine rings is 1. The number of carbonyl (C=O) groups is 1. The number of aryl methyl sites for hydroxylation is 1. The number of piperazine rings is 1. The first-order chi connectivity index (χ1) is 21.9. The molecule has 2 atom stereocenters. The maximum absolute atomic E-state index is 12.8. The van der Waals surface area contributed by atoms with Gasteiger partial charge in [-0.05, 0) is 85.3 Å². The molecule has 1 aromatic carbocycles. The van der Waals surface area contributed by atoms with E-state index in [4.69, 9.17) is 36.3 Å². The van der Waals surface area contributed by atoms with Gasteiger partial charge >= 0.3 is 6.09 Å². The lowest BCUT2D eigenvalue weighted by Crippen LogP contribution is -2.62. The summed E-state index contributed by atoms with van der Waals surface area (Å²) in [5, 5.41) is 21.7. The number of likely N-dealkylation sites (tertiary alicyclic amines) is 1. The summed E-state index contributed by atoms with van der Waals surface area (Å²) in [6.07, 6.45) is 5.59. The number of aromatic nitrogens is 2. The molecule has 11 nitrogen and oxygen atoms in total. The van der Waals surface area contributed by atoms with Crippen molar-refractivity contribution in [3.63, 3.8) is 0 Å². The van der Waals surface area contributed by atoms with E-state index < -0.39 is 5.60 Å². The third kappa shape index (κ3) is 7.17. The minimum Gasteiger partial charge on any atom is -0.444 e. The van der Waals surface area contributed by atoms with Crippen LogP contribution in [0.15, 0.2) is 6.07 Å². The molecule has 0 spiro atoms. The molecule has 12 heteroatoms. The fourth-order valence-electron chi connectivity index (χ4n) is 7.02. The molecule has 3 N–H and O–H groups in total. The minimum absolute atomic E-state index is 0.0861. The van der Waals surface area contributed by atoms with Crippen molar-refractivity contribution in [2.24, 2.45) is 0 Å². The van der Waals surface area contributed by atoms with Crippen molar-refractivity contribution in [1.29, 1.82) is 5.41 Å². The van der Waals surface area contributed by atoms with Gasteiger partial charge in [0.15, 0.2) is 5.82 Å². The van der Waals surface area contributed by atoms with E-state index in [-0.39, 0.29) is 23.9 Å². The molecule has 5 rings (SSSR count). The number of hydrogen-bond acceptors (Lipinski definition) is 9. The smallest absolute Gasteiger partial charge is 0.410 e. The number of carbonyl (C=O) groups excluding carboxylic acids is 1. The molecule has 0 aliphatic carbocycles. The lowest BCUT2D eigenvalue weighted by Gasteiger charge is -2.45. The second kappa shape index (κ2) is 14.1. The highest BCUT2D eigenvalue weighted by Gasteiger charge is 2.40. The number of halogens is 1. The number of rotatable bonds is 8. The summed E-state index contributed by atoms with van der Waals surface area (Å²) < 4.78 is 19.6.